The highest BCUT2D eigenvalue weighted by Gasteiger charge is 2.17. The number of nitrogens with zero attached hydrogens (tertiary/aromatic N) is 1. The summed E-state index contributed by atoms with van der Waals surface area (Å²) in [4.78, 5) is 30.7. The van der Waals surface area contributed by atoms with E-state index in [0.29, 0.717) is 22.1 Å². The molecule has 37 heavy (non-hydrogen) atoms. The van der Waals surface area contributed by atoms with E-state index < -0.39 is 0 Å². The zero-order valence-corrected chi connectivity index (χ0v) is 21.4. The minimum atomic E-state index is -0.365. The van der Waals surface area contributed by atoms with Crippen molar-refractivity contribution in [2.24, 2.45) is 0 Å². The van der Waals surface area contributed by atoms with Crippen LogP contribution in [0, 0.1) is 5.82 Å². The number of nitrogens with one attached hydrogen (secondary N) is 2. The Morgan fingerprint density at radius 3 is 2.38 bits per heavy atom. The molecular weight excluding hydrogens is 505 g/mol. The highest BCUT2D eigenvalue weighted by Crippen LogP contribution is 2.28. The molecule has 2 N–H and O–H groups in total. The van der Waals surface area contributed by atoms with E-state index in [9.17, 15) is 14.0 Å². The van der Waals surface area contributed by atoms with E-state index in [-0.39, 0.29) is 22.9 Å². The quantitative estimate of drug-likeness (QED) is 0.215. The number of thioether (sulfide) groups is 1. The van der Waals surface area contributed by atoms with Gasteiger partial charge in [-0.2, -0.15) is 0 Å². The third kappa shape index (κ3) is 6.04. The molecule has 4 aromatic carbocycles. The Labute approximate surface area is 221 Å². The molecule has 5 aromatic rings. The summed E-state index contributed by atoms with van der Waals surface area (Å²) in [5, 5.41) is 9.82. The molecule has 2 amide bonds. The summed E-state index contributed by atoms with van der Waals surface area (Å²) in [5.74, 6) is -0.653. The summed E-state index contributed by atoms with van der Waals surface area (Å²) < 4.78 is 13.1. The predicted molar refractivity (Wildman–Crippen MR) is 150 cm³/mol. The molecule has 184 valence electrons. The largest absolute Gasteiger partial charge is 0.322 e. The summed E-state index contributed by atoms with van der Waals surface area (Å²) in [6.45, 7) is 1.82. The lowest BCUT2D eigenvalue weighted by Crippen LogP contribution is -2.22. The maximum Gasteiger partial charge on any atom is 0.255 e. The number of anilines is 2. The summed E-state index contributed by atoms with van der Waals surface area (Å²) in [5.41, 5.74) is 2.73. The van der Waals surface area contributed by atoms with Gasteiger partial charge in [-0.15, -0.1) is 23.1 Å². The molecule has 5 nitrogen and oxygen atoms in total. The number of carbonyl (C=O) groups excluding carboxylic acids is 2. The molecule has 0 bridgehead atoms. The molecule has 0 saturated heterocycles. The second-order valence-electron chi connectivity index (χ2n) is 8.33. The van der Waals surface area contributed by atoms with Gasteiger partial charge in [-0.05, 0) is 78.4 Å². The Balaban J connectivity index is 1.16. The van der Waals surface area contributed by atoms with Crippen molar-refractivity contribution in [3.05, 3.63) is 108 Å². The van der Waals surface area contributed by atoms with Crippen LogP contribution in [0.4, 0.5) is 15.2 Å². The minimum absolute atomic E-state index is 0.168. The van der Waals surface area contributed by atoms with Gasteiger partial charge in [0.25, 0.3) is 5.91 Å². The van der Waals surface area contributed by atoms with E-state index in [1.807, 2.05) is 79.0 Å². The van der Waals surface area contributed by atoms with Crippen molar-refractivity contribution in [2.75, 3.05) is 10.6 Å². The van der Waals surface area contributed by atoms with Gasteiger partial charge in [0.15, 0.2) is 5.13 Å². The molecule has 5 rings (SSSR count). The maximum absolute atomic E-state index is 13.1. The van der Waals surface area contributed by atoms with Gasteiger partial charge >= 0.3 is 0 Å². The summed E-state index contributed by atoms with van der Waals surface area (Å²) in [6.07, 6.45) is 0. The van der Waals surface area contributed by atoms with E-state index in [0.717, 1.165) is 21.2 Å². The van der Waals surface area contributed by atoms with Gasteiger partial charge in [-0.3, -0.25) is 9.59 Å². The van der Waals surface area contributed by atoms with E-state index >= 15 is 0 Å². The van der Waals surface area contributed by atoms with Gasteiger partial charge in [0.05, 0.1) is 10.9 Å². The van der Waals surface area contributed by atoms with Gasteiger partial charge < -0.3 is 10.6 Å². The molecule has 0 fully saturated rings. The average molecular weight is 528 g/mol. The zero-order valence-electron chi connectivity index (χ0n) is 19.8. The van der Waals surface area contributed by atoms with Gasteiger partial charge in [0.1, 0.15) is 5.82 Å². The van der Waals surface area contributed by atoms with Crippen molar-refractivity contribution in [2.45, 2.75) is 17.1 Å². The number of carbonyl (C=O) groups is 2. The van der Waals surface area contributed by atoms with Gasteiger partial charge in [-0.1, -0.05) is 30.3 Å². The Morgan fingerprint density at radius 2 is 1.62 bits per heavy atom. The molecule has 1 heterocycles. The third-order valence-electron chi connectivity index (χ3n) is 5.68. The van der Waals surface area contributed by atoms with Crippen molar-refractivity contribution < 1.29 is 14.0 Å². The highest BCUT2D eigenvalue weighted by molar-refractivity contribution is 8.00. The molecule has 1 aromatic heterocycles. The first-order chi connectivity index (χ1) is 17.9. The van der Waals surface area contributed by atoms with Crippen molar-refractivity contribution in [3.63, 3.8) is 0 Å². The number of amides is 2. The van der Waals surface area contributed by atoms with Crippen LogP contribution in [-0.4, -0.2) is 22.0 Å². The van der Waals surface area contributed by atoms with Crippen molar-refractivity contribution >= 4 is 56.5 Å². The highest BCUT2D eigenvalue weighted by atomic mass is 32.2. The van der Waals surface area contributed by atoms with Crippen molar-refractivity contribution in [1.29, 1.82) is 0 Å². The number of benzene rings is 4. The molecular formula is C29H22FN3O2S2. The lowest BCUT2D eigenvalue weighted by molar-refractivity contribution is -0.115. The Morgan fingerprint density at radius 1 is 0.892 bits per heavy atom. The SMILES string of the molecule is CC(Sc1ccc(NC(=O)c2ccc3ccccc3c2)cc1)C(=O)Nc1nc(-c2ccc(F)cc2)cs1. The average Bonchev–Trinajstić information content (AvgIpc) is 3.38. The number of hydrogen-bond acceptors (Lipinski definition) is 5. The van der Waals surface area contributed by atoms with Crippen LogP contribution in [0.1, 0.15) is 17.3 Å². The number of halogens is 1. The molecule has 0 aliphatic rings. The minimum Gasteiger partial charge on any atom is -0.322 e. The second-order valence-corrected chi connectivity index (χ2v) is 10.6. The first kappa shape index (κ1) is 24.7. The van der Waals surface area contributed by atoms with Crippen molar-refractivity contribution in [3.8, 4) is 11.3 Å². The van der Waals surface area contributed by atoms with Crippen LogP contribution < -0.4 is 10.6 Å². The molecule has 0 aliphatic heterocycles. The van der Waals surface area contributed by atoms with E-state index in [2.05, 4.69) is 15.6 Å². The Hall–Kier alpha value is -4.01. The van der Waals surface area contributed by atoms with E-state index in [4.69, 9.17) is 0 Å². The monoisotopic (exact) mass is 527 g/mol. The first-order valence-electron chi connectivity index (χ1n) is 11.5. The number of rotatable bonds is 7. The fourth-order valence-corrected chi connectivity index (χ4v) is 5.29. The second kappa shape index (κ2) is 10.9. The van der Waals surface area contributed by atoms with Gasteiger partial charge in [0, 0.05) is 27.1 Å². The normalized spacial score (nSPS) is 11.7. The number of hydrogen-bond donors (Lipinski definition) is 2. The summed E-state index contributed by atoms with van der Waals surface area (Å²) in [6, 6.07) is 27.0. The Bertz CT molecular complexity index is 1570. The molecule has 8 heteroatoms. The van der Waals surface area contributed by atoms with Crippen molar-refractivity contribution in [1.82, 2.24) is 4.98 Å². The molecule has 0 saturated carbocycles. The summed E-state index contributed by atoms with van der Waals surface area (Å²) >= 11 is 2.73. The molecule has 1 unspecified atom stereocenters. The standard InChI is InChI=1S/C29H22FN3O2S2/c1-18(27(34)33-29-32-26(17-36-29)20-8-10-23(30)11-9-20)37-25-14-12-24(13-15-25)31-28(35)22-7-6-19-4-2-3-5-21(19)16-22/h2-18H,1H3,(H,31,35)(H,32,33,34). The maximum atomic E-state index is 13.1. The van der Waals surface area contributed by atoms with Crippen LogP contribution >= 0.6 is 23.1 Å². The molecule has 0 radical (unpaired) electrons. The van der Waals surface area contributed by atoms with Crippen LogP contribution in [0.25, 0.3) is 22.0 Å². The fourth-order valence-electron chi connectivity index (χ4n) is 3.70. The summed E-state index contributed by atoms with van der Waals surface area (Å²) in [7, 11) is 0. The number of aromatic nitrogens is 1. The first-order valence-corrected chi connectivity index (χ1v) is 13.3. The number of thiazole rings is 1. The van der Waals surface area contributed by atoms with Gasteiger partial charge in [-0.25, -0.2) is 9.37 Å². The van der Waals surface area contributed by atoms with Crippen LogP contribution in [0.15, 0.2) is 101 Å². The third-order valence-corrected chi connectivity index (χ3v) is 7.55. The lowest BCUT2D eigenvalue weighted by atomic mass is 10.1. The van der Waals surface area contributed by atoms with E-state index in [1.165, 1.54) is 35.2 Å². The fraction of sp³-hybridized carbons (Fsp3) is 0.0690. The topological polar surface area (TPSA) is 71.1 Å². The van der Waals surface area contributed by atoms with Crippen LogP contribution in [0.2, 0.25) is 0 Å². The molecule has 0 spiro atoms. The van der Waals surface area contributed by atoms with Crippen LogP contribution in [0.3, 0.4) is 0 Å². The Kier molecular flexibility index (Phi) is 7.30. The van der Waals surface area contributed by atoms with Crippen LogP contribution in [-0.2, 0) is 4.79 Å². The van der Waals surface area contributed by atoms with E-state index in [1.54, 1.807) is 12.1 Å². The molecule has 0 aliphatic carbocycles. The van der Waals surface area contributed by atoms with Gasteiger partial charge in [0.2, 0.25) is 5.91 Å². The zero-order chi connectivity index (χ0) is 25.8. The molecule has 1 atom stereocenters. The van der Waals surface area contributed by atoms with Crippen LogP contribution in [0.5, 0.6) is 0 Å². The number of fused-ring (bicyclic) bond motifs is 1. The predicted octanol–water partition coefficient (Wildman–Crippen LogP) is 7.47. The smallest absolute Gasteiger partial charge is 0.255 e. The lowest BCUT2D eigenvalue weighted by Gasteiger charge is -2.11.